The minimum atomic E-state index is -0.247. The molecule has 0 atom stereocenters. The van der Waals surface area contributed by atoms with Gasteiger partial charge in [0.15, 0.2) is 5.76 Å². The molecule has 3 amide bonds. The highest BCUT2D eigenvalue weighted by Gasteiger charge is 2.27. The van der Waals surface area contributed by atoms with Crippen LogP contribution in [0.1, 0.15) is 27.8 Å². The molecule has 1 aliphatic heterocycles. The van der Waals surface area contributed by atoms with Gasteiger partial charge in [-0.15, -0.1) is 0 Å². The van der Waals surface area contributed by atoms with E-state index in [-0.39, 0.29) is 17.7 Å². The second-order valence-electron chi connectivity index (χ2n) is 6.16. The van der Waals surface area contributed by atoms with Crippen LogP contribution in [0, 0.1) is 0 Å². The number of furan rings is 1. The highest BCUT2D eigenvalue weighted by atomic mass is 16.5. The summed E-state index contributed by atoms with van der Waals surface area (Å²) >= 11 is 0. The molecule has 0 saturated carbocycles. The molecular weight excluding hydrogens is 350 g/mol. The summed E-state index contributed by atoms with van der Waals surface area (Å²) in [7, 11) is 1.50. The molecule has 0 spiro atoms. The predicted octanol–water partition coefficient (Wildman–Crippen LogP) is 1.84. The molecule has 1 aromatic heterocycles. The van der Waals surface area contributed by atoms with Gasteiger partial charge in [0.05, 0.1) is 19.1 Å². The largest absolute Gasteiger partial charge is 0.495 e. The average Bonchev–Trinajstić information content (AvgIpc) is 3.21. The van der Waals surface area contributed by atoms with Gasteiger partial charge < -0.3 is 24.3 Å². The number of hydrogen-bond acceptors (Lipinski definition) is 5. The molecule has 3 rings (SSSR count). The summed E-state index contributed by atoms with van der Waals surface area (Å²) < 4.78 is 10.4. The third-order valence-corrected chi connectivity index (χ3v) is 4.34. The number of benzene rings is 1. The van der Waals surface area contributed by atoms with Crippen molar-refractivity contribution in [1.82, 2.24) is 9.80 Å². The van der Waals surface area contributed by atoms with Crippen LogP contribution in [-0.4, -0.2) is 60.8 Å². The van der Waals surface area contributed by atoms with Crippen LogP contribution in [0.3, 0.4) is 0 Å². The monoisotopic (exact) mass is 371 g/mol. The topological polar surface area (TPSA) is 92.1 Å². The molecule has 1 fully saturated rings. The number of methoxy groups -OCH3 is 1. The number of ether oxygens (including phenoxy) is 1. The van der Waals surface area contributed by atoms with E-state index in [1.54, 1.807) is 40.1 Å². The highest BCUT2D eigenvalue weighted by molar-refractivity contribution is 5.98. The quantitative estimate of drug-likeness (QED) is 0.885. The van der Waals surface area contributed by atoms with Crippen LogP contribution >= 0.6 is 0 Å². The zero-order valence-corrected chi connectivity index (χ0v) is 15.2. The van der Waals surface area contributed by atoms with Gasteiger partial charge in [0.25, 0.3) is 11.8 Å². The molecule has 0 unspecified atom stereocenters. The van der Waals surface area contributed by atoms with Crippen molar-refractivity contribution >= 4 is 23.4 Å². The van der Waals surface area contributed by atoms with Gasteiger partial charge in [0.1, 0.15) is 5.75 Å². The fraction of sp³-hybridized carbons (Fsp3) is 0.316. The van der Waals surface area contributed by atoms with Crippen LogP contribution in [-0.2, 0) is 4.79 Å². The number of nitrogens with one attached hydrogen (secondary N) is 1. The smallest absolute Gasteiger partial charge is 0.289 e. The highest BCUT2D eigenvalue weighted by Crippen LogP contribution is 2.26. The first-order valence-electron chi connectivity index (χ1n) is 8.57. The lowest BCUT2D eigenvalue weighted by Crippen LogP contribution is -2.50. The lowest BCUT2D eigenvalue weighted by molar-refractivity contribution is -0.114. The minimum absolute atomic E-state index is 0.158. The van der Waals surface area contributed by atoms with Crippen LogP contribution in [0.4, 0.5) is 5.69 Å². The Balaban J connectivity index is 1.67. The second-order valence-corrected chi connectivity index (χ2v) is 6.16. The van der Waals surface area contributed by atoms with E-state index in [0.29, 0.717) is 48.9 Å². The van der Waals surface area contributed by atoms with Crippen molar-refractivity contribution in [3.63, 3.8) is 0 Å². The number of piperazine rings is 1. The zero-order valence-electron chi connectivity index (χ0n) is 15.2. The van der Waals surface area contributed by atoms with Gasteiger partial charge in [-0.2, -0.15) is 0 Å². The maximum Gasteiger partial charge on any atom is 0.289 e. The molecule has 1 N–H and O–H groups in total. The molecule has 1 aromatic carbocycles. The first kappa shape index (κ1) is 18.5. The van der Waals surface area contributed by atoms with Crippen molar-refractivity contribution in [3.05, 3.63) is 47.9 Å². The van der Waals surface area contributed by atoms with Gasteiger partial charge in [0.2, 0.25) is 5.91 Å². The van der Waals surface area contributed by atoms with E-state index >= 15 is 0 Å². The Labute approximate surface area is 156 Å². The molecule has 8 nitrogen and oxygen atoms in total. The number of rotatable bonds is 4. The van der Waals surface area contributed by atoms with E-state index in [1.165, 1.54) is 20.3 Å². The molecule has 27 heavy (non-hydrogen) atoms. The Morgan fingerprint density at radius 1 is 1.04 bits per heavy atom. The number of amides is 3. The van der Waals surface area contributed by atoms with Crippen molar-refractivity contribution in [1.29, 1.82) is 0 Å². The minimum Gasteiger partial charge on any atom is -0.495 e. The lowest BCUT2D eigenvalue weighted by atomic mass is 10.1. The molecule has 1 aliphatic rings. The number of nitrogens with zero attached hydrogens (tertiary/aromatic N) is 2. The van der Waals surface area contributed by atoms with Gasteiger partial charge >= 0.3 is 0 Å². The van der Waals surface area contributed by atoms with Gasteiger partial charge in [-0.25, -0.2) is 0 Å². The van der Waals surface area contributed by atoms with E-state index in [2.05, 4.69) is 5.32 Å². The summed E-state index contributed by atoms with van der Waals surface area (Å²) in [4.78, 5) is 39.8. The maximum absolute atomic E-state index is 12.8. The summed E-state index contributed by atoms with van der Waals surface area (Å²) in [6.45, 7) is 3.10. The maximum atomic E-state index is 12.8. The predicted molar refractivity (Wildman–Crippen MR) is 97.8 cm³/mol. The molecule has 8 heteroatoms. The molecule has 0 radical (unpaired) electrons. The number of hydrogen-bond donors (Lipinski definition) is 1. The summed E-state index contributed by atoms with van der Waals surface area (Å²) in [6, 6.07) is 8.20. The Morgan fingerprint density at radius 3 is 2.26 bits per heavy atom. The Kier molecular flexibility index (Phi) is 5.44. The fourth-order valence-electron chi connectivity index (χ4n) is 2.98. The number of anilines is 1. The Morgan fingerprint density at radius 2 is 1.70 bits per heavy atom. The second kappa shape index (κ2) is 7.94. The van der Waals surface area contributed by atoms with Crippen LogP contribution in [0.15, 0.2) is 41.0 Å². The SMILES string of the molecule is COc1ccc(C(=O)N2CCN(C(=O)c3ccco3)CC2)cc1NC(C)=O. The third-order valence-electron chi connectivity index (χ3n) is 4.34. The molecule has 1 saturated heterocycles. The van der Waals surface area contributed by atoms with Crippen molar-refractivity contribution < 1.29 is 23.5 Å². The standard InChI is InChI=1S/C19H21N3O5/c1-13(23)20-15-12-14(5-6-16(15)26-2)18(24)21-7-9-22(10-8-21)19(25)17-4-3-11-27-17/h3-6,11-12H,7-10H2,1-2H3,(H,20,23). The Hall–Kier alpha value is -3.29. The van der Waals surface area contributed by atoms with E-state index in [9.17, 15) is 14.4 Å². The van der Waals surface area contributed by atoms with Gasteiger partial charge in [-0.3, -0.25) is 14.4 Å². The van der Waals surface area contributed by atoms with Crippen molar-refractivity contribution in [2.45, 2.75) is 6.92 Å². The summed E-state index contributed by atoms with van der Waals surface area (Å²) in [6.07, 6.45) is 1.46. The summed E-state index contributed by atoms with van der Waals surface area (Å²) in [5.74, 6) is 0.197. The van der Waals surface area contributed by atoms with E-state index < -0.39 is 0 Å². The van der Waals surface area contributed by atoms with Crippen molar-refractivity contribution in [2.24, 2.45) is 0 Å². The normalized spacial score (nSPS) is 14.0. The van der Waals surface area contributed by atoms with E-state index in [0.717, 1.165) is 0 Å². The van der Waals surface area contributed by atoms with Crippen LogP contribution in [0.2, 0.25) is 0 Å². The number of carbonyl (C=O) groups is 3. The molecule has 2 heterocycles. The third kappa shape index (κ3) is 4.11. The van der Waals surface area contributed by atoms with Crippen molar-refractivity contribution in [3.8, 4) is 5.75 Å². The van der Waals surface area contributed by atoms with Gasteiger partial charge in [-0.1, -0.05) is 0 Å². The first-order valence-corrected chi connectivity index (χ1v) is 8.57. The molecule has 0 bridgehead atoms. The molecular formula is C19H21N3O5. The van der Waals surface area contributed by atoms with Crippen molar-refractivity contribution in [2.75, 3.05) is 38.6 Å². The van der Waals surface area contributed by atoms with Crippen LogP contribution in [0.25, 0.3) is 0 Å². The van der Waals surface area contributed by atoms with Gasteiger partial charge in [-0.05, 0) is 30.3 Å². The molecule has 2 aromatic rings. The summed E-state index contributed by atoms with van der Waals surface area (Å²) in [5.41, 5.74) is 0.896. The first-order chi connectivity index (χ1) is 13.0. The zero-order chi connectivity index (χ0) is 19.4. The average molecular weight is 371 g/mol. The Bertz CT molecular complexity index is 839. The molecule has 0 aliphatic carbocycles. The lowest BCUT2D eigenvalue weighted by Gasteiger charge is -2.34. The van der Waals surface area contributed by atoms with Crippen LogP contribution in [0.5, 0.6) is 5.75 Å². The number of carbonyl (C=O) groups excluding carboxylic acids is 3. The van der Waals surface area contributed by atoms with E-state index in [1.807, 2.05) is 0 Å². The summed E-state index contributed by atoms with van der Waals surface area (Å²) in [5, 5.41) is 2.66. The molecule has 142 valence electrons. The van der Waals surface area contributed by atoms with Gasteiger partial charge in [0, 0.05) is 38.7 Å². The van der Waals surface area contributed by atoms with Crippen LogP contribution < -0.4 is 10.1 Å². The van der Waals surface area contributed by atoms with E-state index in [4.69, 9.17) is 9.15 Å². The fourth-order valence-corrected chi connectivity index (χ4v) is 2.98.